The molecule has 2 aliphatic rings. The molecule has 2 rings (SSSR count). The lowest BCUT2D eigenvalue weighted by Crippen LogP contribution is -2.41. The molecule has 0 aromatic heterocycles. The third-order valence-electron chi connectivity index (χ3n) is 3.39. The number of rotatable bonds is 1. The number of allylic oxidation sites excluding steroid dienone is 2. The quantitative estimate of drug-likeness (QED) is 0.544. The fourth-order valence-corrected chi connectivity index (χ4v) is 2.25. The molecule has 3 nitrogen and oxygen atoms in total. The summed E-state index contributed by atoms with van der Waals surface area (Å²) in [5.74, 6) is 0. The minimum Gasteiger partial charge on any atom is -0.384 e. The zero-order chi connectivity index (χ0) is 12.0. The van der Waals surface area contributed by atoms with Crippen LogP contribution in [0.3, 0.4) is 0 Å². The second-order valence-electron chi connectivity index (χ2n) is 5.18. The van der Waals surface area contributed by atoms with Crippen molar-refractivity contribution in [2.75, 3.05) is 6.54 Å². The Labute approximate surface area is 111 Å². The van der Waals surface area contributed by atoms with E-state index in [4.69, 9.17) is 9.31 Å². The molecule has 0 unspecified atom stereocenters. The maximum Gasteiger partial charge on any atom is 0.594 e. The molecule has 0 spiro atoms. The van der Waals surface area contributed by atoms with Crippen LogP contribution < -0.4 is 0 Å². The summed E-state index contributed by atoms with van der Waals surface area (Å²) in [6.45, 7) is 9.12. The largest absolute Gasteiger partial charge is 0.594 e. The van der Waals surface area contributed by atoms with Gasteiger partial charge in [-0.3, -0.25) is 0 Å². The molecule has 2 aliphatic heterocycles. The van der Waals surface area contributed by atoms with Gasteiger partial charge < -0.3 is 14.1 Å². The normalized spacial score (nSPS) is 27.2. The molecule has 1 saturated heterocycles. The van der Waals surface area contributed by atoms with Crippen molar-refractivity contribution in [3.8, 4) is 0 Å². The third-order valence-corrected chi connectivity index (χ3v) is 4.03. The molecule has 0 aromatic carbocycles. The summed E-state index contributed by atoms with van der Waals surface area (Å²) in [4.78, 5) is 2.08. The van der Waals surface area contributed by atoms with Gasteiger partial charge in [-0.1, -0.05) is 6.08 Å². The van der Waals surface area contributed by atoms with E-state index in [1.165, 1.54) is 3.58 Å². The molecule has 5 heteroatoms. The average Bonchev–Trinajstić information content (AvgIpc) is 2.36. The first kappa shape index (κ1) is 12.5. The molecule has 0 amide bonds. The van der Waals surface area contributed by atoms with Crippen molar-refractivity contribution in [2.45, 2.75) is 38.9 Å². The molecule has 16 heavy (non-hydrogen) atoms. The summed E-state index contributed by atoms with van der Waals surface area (Å²) < 4.78 is 13.1. The number of hydrogen-bond donors (Lipinski definition) is 0. The topological polar surface area (TPSA) is 21.7 Å². The minimum atomic E-state index is -0.278. The van der Waals surface area contributed by atoms with E-state index in [9.17, 15) is 0 Å². The summed E-state index contributed by atoms with van der Waals surface area (Å²) >= 11 is 2.30. The molecule has 0 radical (unpaired) electrons. The van der Waals surface area contributed by atoms with Crippen molar-refractivity contribution in [2.24, 2.45) is 0 Å². The molecule has 0 aliphatic carbocycles. The predicted molar refractivity (Wildman–Crippen MR) is 74.0 cm³/mol. The first-order chi connectivity index (χ1) is 7.32. The third kappa shape index (κ3) is 2.17. The average molecular weight is 333 g/mol. The van der Waals surface area contributed by atoms with Crippen molar-refractivity contribution < 1.29 is 9.31 Å². The van der Waals surface area contributed by atoms with Crippen LogP contribution in [-0.4, -0.2) is 29.8 Å². The second-order valence-corrected chi connectivity index (χ2v) is 6.42. The lowest BCUT2D eigenvalue weighted by molar-refractivity contribution is 0.00578. The summed E-state index contributed by atoms with van der Waals surface area (Å²) in [7, 11) is -0.278. The highest BCUT2D eigenvalue weighted by atomic mass is 127. The summed E-state index contributed by atoms with van der Waals surface area (Å²) in [6.07, 6.45) is 6.29. The standard InChI is InChI=1S/C11H17BINO2/c1-10(2)11(3,4)16-12(15-10)14-7-5-6-9(13)8-14/h5-6,8H,7H2,1-4H3. The van der Waals surface area contributed by atoms with E-state index in [0.717, 1.165) is 6.54 Å². The molecule has 88 valence electrons. The Bertz CT molecular complexity index is 336. The van der Waals surface area contributed by atoms with Crippen molar-refractivity contribution in [1.82, 2.24) is 4.81 Å². The fourth-order valence-electron chi connectivity index (χ4n) is 1.64. The van der Waals surface area contributed by atoms with Gasteiger partial charge in [-0.2, -0.15) is 0 Å². The smallest absolute Gasteiger partial charge is 0.384 e. The molecular formula is C11H17BINO2. The van der Waals surface area contributed by atoms with Crippen molar-refractivity contribution in [1.29, 1.82) is 0 Å². The summed E-state index contributed by atoms with van der Waals surface area (Å²) in [5.41, 5.74) is -0.532. The Morgan fingerprint density at radius 1 is 1.25 bits per heavy atom. The Balaban J connectivity index is 2.12. The van der Waals surface area contributed by atoms with Crippen LogP contribution in [0.4, 0.5) is 0 Å². The summed E-state index contributed by atoms with van der Waals surface area (Å²) in [6, 6.07) is 0. The van der Waals surface area contributed by atoms with Gasteiger partial charge in [0.15, 0.2) is 0 Å². The van der Waals surface area contributed by atoms with Gasteiger partial charge >= 0.3 is 7.25 Å². The van der Waals surface area contributed by atoms with E-state index < -0.39 is 0 Å². The first-order valence-corrected chi connectivity index (χ1v) is 6.55. The fraction of sp³-hybridized carbons (Fsp3) is 0.636. The predicted octanol–water partition coefficient (Wildman–Crippen LogP) is 2.72. The molecular weight excluding hydrogens is 316 g/mol. The van der Waals surface area contributed by atoms with Crippen LogP contribution in [0.2, 0.25) is 0 Å². The Hall–Kier alpha value is -0.00506. The SMILES string of the molecule is CC1(C)OB(N2C=C(I)C=CC2)OC1(C)C. The molecule has 2 heterocycles. The number of halogens is 1. The van der Waals surface area contributed by atoms with Gasteiger partial charge in [0.1, 0.15) is 0 Å². The molecule has 0 saturated carbocycles. The highest BCUT2D eigenvalue weighted by Crippen LogP contribution is 2.38. The van der Waals surface area contributed by atoms with Crippen LogP contribution in [-0.2, 0) is 9.31 Å². The maximum absolute atomic E-state index is 5.97. The Morgan fingerprint density at radius 2 is 1.81 bits per heavy atom. The lowest BCUT2D eigenvalue weighted by Gasteiger charge is -2.32. The van der Waals surface area contributed by atoms with Crippen molar-refractivity contribution in [3.63, 3.8) is 0 Å². The van der Waals surface area contributed by atoms with Gasteiger partial charge in [-0.15, -0.1) is 0 Å². The van der Waals surface area contributed by atoms with Gasteiger partial charge in [0.05, 0.1) is 11.2 Å². The van der Waals surface area contributed by atoms with E-state index in [0.29, 0.717) is 0 Å². The van der Waals surface area contributed by atoms with Gasteiger partial charge in [0.2, 0.25) is 0 Å². The molecule has 0 aromatic rings. The van der Waals surface area contributed by atoms with Crippen LogP contribution in [0, 0.1) is 0 Å². The van der Waals surface area contributed by atoms with Crippen molar-refractivity contribution >= 4 is 29.8 Å². The molecule has 0 N–H and O–H groups in total. The Morgan fingerprint density at radius 3 is 2.31 bits per heavy atom. The van der Waals surface area contributed by atoms with Crippen LogP contribution in [0.25, 0.3) is 0 Å². The van der Waals surface area contributed by atoms with Crippen LogP contribution in [0.5, 0.6) is 0 Å². The zero-order valence-electron chi connectivity index (χ0n) is 10.2. The number of nitrogens with zero attached hydrogens (tertiary/aromatic N) is 1. The van der Waals surface area contributed by atoms with Crippen LogP contribution in [0.1, 0.15) is 27.7 Å². The van der Waals surface area contributed by atoms with E-state index in [1.54, 1.807) is 0 Å². The number of hydrogen-bond acceptors (Lipinski definition) is 3. The van der Waals surface area contributed by atoms with E-state index >= 15 is 0 Å². The van der Waals surface area contributed by atoms with E-state index in [2.05, 4.69) is 73.4 Å². The van der Waals surface area contributed by atoms with Gasteiger partial charge in [0, 0.05) is 16.3 Å². The molecule has 0 bridgehead atoms. The Kier molecular flexibility index (Phi) is 3.14. The van der Waals surface area contributed by atoms with Gasteiger partial charge in [-0.05, 0) is 56.4 Å². The second kappa shape index (κ2) is 4.03. The highest BCUT2D eigenvalue weighted by molar-refractivity contribution is 14.1. The van der Waals surface area contributed by atoms with Crippen molar-refractivity contribution in [3.05, 3.63) is 21.9 Å². The van der Waals surface area contributed by atoms with Crippen LogP contribution >= 0.6 is 22.6 Å². The highest BCUT2D eigenvalue weighted by Gasteiger charge is 2.53. The zero-order valence-corrected chi connectivity index (χ0v) is 12.3. The van der Waals surface area contributed by atoms with E-state index in [1.807, 2.05) is 0 Å². The summed E-state index contributed by atoms with van der Waals surface area (Å²) in [5, 5.41) is 0. The lowest BCUT2D eigenvalue weighted by atomic mass is 9.90. The van der Waals surface area contributed by atoms with Gasteiger partial charge in [-0.25, -0.2) is 0 Å². The van der Waals surface area contributed by atoms with Crippen LogP contribution in [0.15, 0.2) is 21.9 Å². The maximum atomic E-state index is 5.97. The first-order valence-electron chi connectivity index (χ1n) is 5.47. The molecule has 1 fully saturated rings. The molecule has 0 atom stereocenters. The minimum absolute atomic E-state index is 0.266. The van der Waals surface area contributed by atoms with E-state index in [-0.39, 0.29) is 18.5 Å². The monoisotopic (exact) mass is 333 g/mol. The van der Waals surface area contributed by atoms with Gasteiger partial charge in [0.25, 0.3) is 0 Å².